The third-order valence-corrected chi connectivity index (χ3v) is 5.91. The van der Waals surface area contributed by atoms with Crippen LogP contribution >= 0.6 is 11.8 Å². The lowest BCUT2D eigenvalue weighted by molar-refractivity contribution is -0.184. The van der Waals surface area contributed by atoms with E-state index < -0.39 is 6.10 Å². The fraction of sp³-hybridized carbons (Fsp3) is 0.320. The van der Waals surface area contributed by atoms with Crippen LogP contribution in [0.1, 0.15) is 42.3 Å². The van der Waals surface area contributed by atoms with E-state index in [0.717, 1.165) is 35.3 Å². The Balaban J connectivity index is 1.67. The van der Waals surface area contributed by atoms with Gasteiger partial charge in [0.15, 0.2) is 12.1 Å². The molecule has 1 aliphatic rings. The van der Waals surface area contributed by atoms with Crippen molar-refractivity contribution < 1.29 is 18.6 Å². The fourth-order valence-corrected chi connectivity index (χ4v) is 3.92. The van der Waals surface area contributed by atoms with Gasteiger partial charge in [-0.05, 0) is 48.8 Å². The van der Waals surface area contributed by atoms with E-state index in [0.29, 0.717) is 12.4 Å². The molecule has 5 nitrogen and oxygen atoms in total. The van der Waals surface area contributed by atoms with Crippen LogP contribution in [-0.4, -0.2) is 19.2 Å². The molecule has 0 radical (unpaired) electrons. The summed E-state index contributed by atoms with van der Waals surface area (Å²) in [7, 11) is 0. The second kappa shape index (κ2) is 10.7. The van der Waals surface area contributed by atoms with Crippen LogP contribution in [0, 0.1) is 0 Å². The van der Waals surface area contributed by atoms with Gasteiger partial charge in [-0.2, -0.15) is 0 Å². The second-order valence-corrected chi connectivity index (χ2v) is 8.22. The Labute approximate surface area is 186 Å². The van der Waals surface area contributed by atoms with Crippen molar-refractivity contribution in [1.82, 2.24) is 0 Å². The van der Waals surface area contributed by atoms with Gasteiger partial charge in [-0.25, -0.2) is 0 Å². The first-order valence-electron chi connectivity index (χ1n) is 10.4. The molecule has 0 bridgehead atoms. The molecule has 0 saturated carbocycles. The molecule has 2 unspecified atom stereocenters. The average molecular weight is 439 g/mol. The minimum absolute atomic E-state index is 0.168. The number of thioether (sulfide) groups is 1. The second-order valence-electron chi connectivity index (χ2n) is 7.34. The SMILES string of the molecule is CSc1ccc(C(OC2CCCCO2)c2occc(=O)c2OCc2ccccc2)cc1. The molecular formula is C25H26O5S. The predicted molar refractivity (Wildman–Crippen MR) is 120 cm³/mol. The summed E-state index contributed by atoms with van der Waals surface area (Å²) >= 11 is 1.67. The molecule has 1 aromatic heterocycles. The summed E-state index contributed by atoms with van der Waals surface area (Å²) in [4.78, 5) is 13.9. The van der Waals surface area contributed by atoms with E-state index in [9.17, 15) is 4.79 Å². The van der Waals surface area contributed by atoms with Gasteiger partial charge in [-0.3, -0.25) is 4.79 Å². The molecule has 2 heterocycles. The van der Waals surface area contributed by atoms with E-state index in [1.165, 1.54) is 12.3 Å². The van der Waals surface area contributed by atoms with Crippen LogP contribution < -0.4 is 10.2 Å². The lowest BCUT2D eigenvalue weighted by atomic mass is 10.1. The van der Waals surface area contributed by atoms with Crippen molar-refractivity contribution in [2.45, 2.75) is 43.2 Å². The minimum Gasteiger partial charge on any atom is -0.482 e. The highest BCUT2D eigenvalue weighted by Gasteiger charge is 2.28. The number of hydrogen-bond donors (Lipinski definition) is 0. The smallest absolute Gasteiger partial charge is 0.227 e. The van der Waals surface area contributed by atoms with Crippen LogP contribution in [0.15, 0.2) is 81.0 Å². The molecule has 3 aromatic rings. The largest absolute Gasteiger partial charge is 0.482 e. The van der Waals surface area contributed by atoms with Gasteiger partial charge in [0.25, 0.3) is 0 Å². The third-order valence-electron chi connectivity index (χ3n) is 5.17. The Morgan fingerprint density at radius 2 is 1.87 bits per heavy atom. The summed E-state index contributed by atoms with van der Waals surface area (Å²) in [5, 5.41) is 0. The Kier molecular flexibility index (Phi) is 7.46. The van der Waals surface area contributed by atoms with Crippen molar-refractivity contribution in [3.63, 3.8) is 0 Å². The van der Waals surface area contributed by atoms with E-state index in [4.69, 9.17) is 18.6 Å². The molecule has 2 atom stereocenters. The zero-order valence-electron chi connectivity index (χ0n) is 17.5. The number of benzene rings is 2. The highest BCUT2D eigenvalue weighted by molar-refractivity contribution is 7.98. The maximum absolute atomic E-state index is 12.7. The van der Waals surface area contributed by atoms with Crippen molar-refractivity contribution in [3.8, 4) is 5.75 Å². The number of rotatable bonds is 8. The molecule has 4 rings (SSSR count). The zero-order valence-corrected chi connectivity index (χ0v) is 18.3. The highest BCUT2D eigenvalue weighted by atomic mass is 32.2. The van der Waals surface area contributed by atoms with E-state index in [-0.39, 0.29) is 24.1 Å². The highest BCUT2D eigenvalue weighted by Crippen LogP contribution is 2.35. The Morgan fingerprint density at radius 3 is 2.58 bits per heavy atom. The Bertz CT molecular complexity index is 1010. The predicted octanol–water partition coefficient (Wildman–Crippen LogP) is 5.57. The van der Waals surface area contributed by atoms with Gasteiger partial charge >= 0.3 is 0 Å². The molecule has 2 aromatic carbocycles. The maximum Gasteiger partial charge on any atom is 0.227 e. The van der Waals surface area contributed by atoms with Gasteiger partial charge in [-0.15, -0.1) is 11.8 Å². The first-order valence-corrected chi connectivity index (χ1v) is 11.7. The van der Waals surface area contributed by atoms with Crippen molar-refractivity contribution in [1.29, 1.82) is 0 Å². The molecule has 1 saturated heterocycles. The monoisotopic (exact) mass is 438 g/mol. The maximum atomic E-state index is 12.7. The minimum atomic E-state index is -0.612. The third kappa shape index (κ3) is 5.58. The molecule has 0 N–H and O–H groups in total. The molecule has 31 heavy (non-hydrogen) atoms. The lowest BCUT2D eigenvalue weighted by Gasteiger charge is -2.28. The number of ether oxygens (including phenoxy) is 3. The molecule has 0 amide bonds. The molecule has 162 valence electrons. The van der Waals surface area contributed by atoms with Crippen molar-refractivity contribution in [3.05, 3.63) is 94.0 Å². The van der Waals surface area contributed by atoms with Crippen LogP contribution in [0.2, 0.25) is 0 Å². The molecular weight excluding hydrogens is 412 g/mol. The van der Waals surface area contributed by atoms with Crippen molar-refractivity contribution in [2.24, 2.45) is 0 Å². The van der Waals surface area contributed by atoms with Crippen LogP contribution in [-0.2, 0) is 16.1 Å². The summed E-state index contributed by atoms with van der Waals surface area (Å²) in [5.41, 5.74) is 1.61. The van der Waals surface area contributed by atoms with Gasteiger partial charge in [0.1, 0.15) is 12.7 Å². The fourth-order valence-electron chi connectivity index (χ4n) is 3.51. The van der Waals surface area contributed by atoms with E-state index in [1.54, 1.807) is 11.8 Å². The van der Waals surface area contributed by atoms with E-state index >= 15 is 0 Å². The van der Waals surface area contributed by atoms with Gasteiger partial charge in [0.2, 0.25) is 11.2 Å². The normalized spacial score (nSPS) is 17.3. The Hall–Kier alpha value is -2.54. The molecule has 0 spiro atoms. The van der Waals surface area contributed by atoms with Crippen molar-refractivity contribution in [2.75, 3.05) is 12.9 Å². The first-order chi connectivity index (χ1) is 15.2. The topological polar surface area (TPSA) is 57.9 Å². The number of hydrogen-bond acceptors (Lipinski definition) is 6. The lowest BCUT2D eigenvalue weighted by Crippen LogP contribution is -2.26. The molecule has 0 aliphatic carbocycles. The van der Waals surface area contributed by atoms with Crippen LogP contribution in [0.5, 0.6) is 5.75 Å². The summed E-state index contributed by atoms with van der Waals surface area (Å²) in [6.45, 7) is 0.930. The molecule has 1 aliphatic heterocycles. The summed E-state index contributed by atoms with van der Waals surface area (Å²) in [6.07, 6.45) is 5.32. The van der Waals surface area contributed by atoms with E-state index in [2.05, 4.69) is 0 Å². The van der Waals surface area contributed by atoms with Crippen LogP contribution in [0.4, 0.5) is 0 Å². The summed E-state index contributed by atoms with van der Waals surface area (Å²) < 4.78 is 23.9. The summed E-state index contributed by atoms with van der Waals surface area (Å²) in [5.74, 6) is 0.524. The van der Waals surface area contributed by atoms with E-state index in [1.807, 2.05) is 60.9 Å². The van der Waals surface area contributed by atoms with Gasteiger partial charge in [0.05, 0.1) is 6.26 Å². The Morgan fingerprint density at radius 1 is 1.06 bits per heavy atom. The quantitative estimate of drug-likeness (QED) is 0.428. The van der Waals surface area contributed by atoms with Gasteiger partial charge in [-0.1, -0.05) is 42.5 Å². The van der Waals surface area contributed by atoms with Crippen LogP contribution in [0.3, 0.4) is 0 Å². The first kappa shape index (κ1) is 21.7. The van der Waals surface area contributed by atoms with Crippen LogP contribution in [0.25, 0.3) is 0 Å². The summed E-state index contributed by atoms with van der Waals surface area (Å²) in [6, 6.07) is 19.1. The molecule has 1 fully saturated rings. The van der Waals surface area contributed by atoms with Gasteiger partial charge in [0, 0.05) is 17.6 Å². The van der Waals surface area contributed by atoms with Gasteiger partial charge < -0.3 is 18.6 Å². The molecule has 6 heteroatoms. The zero-order chi connectivity index (χ0) is 21.5. The standard InChI is InChI=1S/C25H26O5S/c1-31-20-12-10-19(11-13-20)23(30-22-9-5-6-15-27-22)25-24(21(26)14-16-28-25)29-17-18-7-3-2-4-8-18/h2-4,7-8,10-14,16,22-23H,5-6,9,15,17H2,1H3. The average Bonchev–Trinajstić information content (AvgIpc) is 2.83. The van der Waals surface area contributed by atoms with Crippen molar-refractivity contribution >= 4 is 11.8 Å².